The molecule has 0 N–H and O–H groups in total. The third kappa shape index (κ3) is 7.74. The second kappa shape index (κ2) is 17.0. The largest absolute Gasteiger partial charge is 0.463 e. The molecule has 8 fully saturated rings. The van der Waals surface area contributed by atoms with E-state index in [1.54, 1.807) is 0 Å². The number of hydrogen-bond acceptors (Lipinski definition) is 6. The van der Waals surface area contributed by atoms with Gasteiger partial charge in [0.1, 0.15) is 0 Å². The van der Waals surface area contributed by atoms with Gasteiger partial charge in [0, 0.05) is 48.4 Å². The van der Waals surface area contributed by atoms with Gasteiger partial charge in [-0.05, 0) is 150 Å². The van der Waals surface area contributed by atoms with Crippen molar-refractivity contribution in [3.05, 3.63) is 25.3 Å². The van der Waals surface area contributed by atoms with Crippen molar-refractivity contribution in [1.82, 2.24) is 9.80 Å². The number of esters is 2. The van der Waals surface area contributed by atoms with Gasteiger partial charge in [-0.2, -0.15) is 0 Å². The van der Waals surface area contributed by atoms with Crippen LogP contribution >= 0.6 is 0 Å². The summed E-state index contributed by atoms with van der Waals surface area (Å²) in [6.45, 7) is 8.28. The van der Waals surface area contributed by atoms with E-state index in [1.807, 2.05) is 0 Å². The van der Waals surface area contributed by atoms with Crippen molar-refractivity contribution in [2.24, 2.45) is 47.3 Å². The second-order valence-electron chi connectivity index (χ2n) is 19.2. The lowest BCUT2D eigenvalue weighted by molar-refractivity contribution is -0.139. The summed E-state index contributed by atoms with van der Waals surface area (Å²) in [6, 6.07) is 4.81. The molecule has 0 radical (unpaired) electrons. The quantitative estimate of drug-likeness (QED) is 0.157. The smallest absolute Gasteiger partial charge is 0.330 e. The average molecular weight is 717 g/mol. The number of hydrogen-bond donors (Lipinski definition) is 0. The standard InChI is InChI=1S/C46H72N2O4/c1-3-45(49)51-25-23-31-20-22-43-40(27-31)38-16-6-8-18-42(38)47(43)35-13-9-11-33(29-35)34-12-10-14-36(30-34)48-41-17-7-5-15-37(41)39-21-19-32(28-44(39)48)24-26-52-46(50)4-2/h3-4,31-44H,1-2,5-30H2. The monoisotopic (exact) mass is 717 g/mol. The zero-order valence-corrected chi connectivity index (χ0v) is 32.6. The normalized spacial score (nSPS) is 43.7. The molecule has 0 aromatic heterocycles. The van der Waals surface area contributed by atoms with Crippen LogP contribution < -0.4 is 0 Å². The minimum absolute atomic E-state index is 0.267. The molecule has 0 spiro atoms. The predicted molar refractivity (Wildman–Crippen MR) is 207 cm³/mol. The minimum atomic E-state index is -0.268. The van der Waals surface area contributed by atoms with E-state index in [2.05, 4.69) is 23.0 Å². The van der Waals surface area contributed by atoms with E-state index in [-0.39, 0.29) is 11.9 Å². The van der Waals surface area contributed by atoms with Crippen molar-refractivity contribution in [3.8, 4) is 0 Å². The molecule has 8 rings (SSSR count). The van der Waals surface area contributed by atoms with Crippen LogP contribution in [0.3, 0.4) is 0 Å². The van der Waals surface area contributed by atoms with Crippen LogP contribution in [0.15, 0.2) is 25.3 Å². The Morgan fingerprint density at radius 2 is 0.962 bits per heavy atom. The number of ether oxygens (including phenoxy) is 2. The van der Waals surface area contributed by atoms with Gasteiger partial charge in [0.05, 0.1) is 13.2 Å². The summed E-state index contributed by atoms with van der Waals surface area (Å²) in [5.41, 5.74) is 0. The molecule has 14 atom stereocenters. The third-order valence-corrected chi connectivity index (χ3v) is 16.9. The van der Waals surface area contributed by atoms with Gasteiger partial charge < -0.3 is 9.47 Å². The lowest BCUT2D eigenvalue weighted by Gasteiger charge is -2.49. The van der Waals surface area contributed by atoms with Crippen molar-refractivity contribution < 1.29 is 19.1 Å². The Morgan fingerprint density at radius 3 is 1.56 bits per heavy atom. The van der Waals surface area contributed by atoms with Gasteiger partial charge in [-0.25, -0.2) is 9.59 Å². The summed E-state index contributed by atoms with van der Waals surface area (Å²) in [5, 5.41) is 0. The van der Waals surface area contributed by atoms with E-state index in [4.69, 9.17) is 9.47 Å². The maximum Gasteiger partial charge on any atom is 0.330 e. The van der Waals surface area contributed by atoms with Crippen LogP contribution in [-0.4, -0.2) is 71.2 Å². The zero-order chi connectivity index (χ0) is 35.6. The van der Waals surface area contributed by atoms with Gasteiger partial charge in [0.15, 0.2) is 0 Å². The summed E-state index contributed by atoms with van der Waals surface area (Å²) >= 11 is 0. The Morgan fingerprint density at radius 1 is 0.481 bits per heavy atom. The van der Waals surface area contributed by atoms with E-state index in [0.29, 0.717) is 25.0 Å². The van der Waals surface area contributed by atoms with E-state index in [0.717, 1.165) is 84.6 Å². The van der Waals surface area contributed by atoms with Crippen molar-refractivity contribution in [3.63, 3.8) is 0 Å². The van der Waals surface area contributed by atoms with Gasteiger partial charge in [0.25, 0.3) is 0 Å². The lowest BCUT2D eigenvalue weighted by Crippen LogP contribution is -2.51. The Kier molecular flexibility index (Phi) is 12.2. The fourth-order valence-electron chi connectivity index (χ4n) is 14.9. The van der Waals surface area contributed by atoms with Gasteiger partial charge in [-0.15, -0.1) is 0 Å². The number of rotatable bonds is 11. The number of carbonyl (C=O) groups is 2. The lowest BCUT2D eigenvalue weighted by atomic mass is 9.69. The van der Waals surface area contributed by atoms with Gasteiger partial charge in [-0.3, -0.25) is 9.80 Å². The molecule has 6 nitrogen and oxygen atoms in total. The molecule has 2 saturated heterocycles. The van der Waals surface area contributed by atoms with Crippen LogP contribution in [0.25, 0.3) is 0 Å². The molecule has 2 heterocycles. The second-order valence-corrected chi connectivity index (χ2v) is 19.2. The van der Waals surface area contributed by atoms with Crippen molar-refractivity contribution in [2.75, 3.05) is 13.2 Å². The van der Waals surface area contributed by atoms with Crippen molar-refractivity contribution in [2.45, 2.75) is 190 Å². The molecule has 2 aliphatic heterocycles. The van der Waals surface area contributed by atoms with E-state index < -0.39 is 0 Å². The highest BCUT2D eigenvalue weighted by Crippen LogP contribution is 2.56. The minimum Gasteiger partial charge on any atom is -0.463 e. The van der Waals surface area contributed by atoms with Gasteiger partial charge in [-0.1, -0.05) is 64.5 Å². The molecule has 8 aliphatic rings. The summed E-state index contributed by atoms with van der Waals surface area (Å²) < 4.78 is 10.9. The first-order valence-corrected chi connectivity index (χ1v) is 22.7. The molecule has 6 heteroatoms. The number of likely N-dealkylation sites (tertiary alicyclic amines) is 2. The topological polar surface area (TPSA) is 59.1 Å². The molecule has 14 unspecified atom stereocenters. The van der Waals surface area contributed by atoms with Crippen molar-refractivity contribution >= 4 is 11.9 Å². The molecule has 0 aromatic rings. The Labute approximate surface area is 316 Å². The SMILES string of the molecule is C=CC(=O)OCCC1CCC2C(C1)C1CCCCC1N2C1CCCC(C2CCCC(N3C4CCCCC4C4CCC(CCOC(=O)C=C)CC43)C2)C1. The molecular formula is C46H72N2O4. The zero-order valence-electron chi connectivity index (χ0n) is 32.6. The Balaban J connectivity index is 0.920. The van der Waals surface area contributed by atoms with Crippen LogP contribution in [0.2, 0.25) is 0 Å². The van der Waals surface area contributed by atoms with E-state index in [1.165, 1.54) is 153 Å². The first-order chi connectivity index (χ1) is 25.5. The van der Waals surface area contributed by atoms with Crippen LogP contribution in [0.1, 0.15) is 154 Å². The van der Waals surface area contributed by atoms with Gasteiger partial charge in [0.2, 0.25) is 0 Å². The molecule has 0 bridgehead atoms. The fourth-order valence-corrected chi connectivity index (χ4v) is 14.9. The molecule has 0 amide bonds. The Hall–Kier alpha value is -1.66. The molecular weight excluding hydrogens is 645 g/mol. The molecule has 6 aliphatic carbocycles. The van der Waals surface area contributed by atoms with E-state index in [9.17, 15) is 9.59 Å². The van der Waals surface area contributed by atoms with Crippen LogP contribution in [-0.2, 0) is 19.1 Å². The van der Waals surface area contributed by atoms with E-state index >= 15 is 0 Å². The molecule has 0 aromatic carbocycles. The van der Waals surface area contributed by atoms with Crippen LogP contribution in [0.4, 0.5) is 0 Å². The maximum atomic E-state index is 11.7. The molecule has 290 valence electrons. The summed E-state index contributed by atoms with van der Waals surface area (Å²) in [4.78, 5) is 29.8. The molecule has 6 saturated carbocycles. The average Bonchev–Trinajstić information content (AvgIpc) is 3.70. The maximum absolute atomic E-state index is 11.7. The highest BCUT2D eigenvalue weighted by atomic mass is 16.5. The third-order valence-electron chi connectivity index (χ3n) is 16.9. The summed E-state index contributed by atoms with van der Waals surface area (Å²) in [5.74, 6) is 6.29. The van der Waals surface area contributed by atoms with Crippen molar-refractivity contribution in [1.29, 1.82) is 0 Å². The Bertz CT molecular complexity index is 1250. The fraction of sp³-hybridized carbons (Fsp3) is 0.870. The first kappa shape index (κ1) is 37.3. The van der Waals surface area contributed by atoms with Crippen LogP contribution in [0, 0.1) is 47.3 Å². The molecule has 52 heavy (non-hydrogen) atoms. The highest BCUT2D eigenvalue weighted by molar-refractivity contribution is 5.81. The number of nitrogens with zero attached hydrogens (tertiary/aromatic N) is 2. The summed E-state index contributed by atoms with van der Waals surface area (Å²) in [6.07, 6.45) is 35.9. The highest BCUT2D eigenvalue weighted by Gasteiger charge is 2.55. The summed E-state index contributed by atoms with van der Waals surface area (Å²) in [7, 11) is 0. The number of fused-ring (bicyclic) bond motifs is 6. The first-order valence-electron chi connectivity index (χ1n) is 22.7. The van der Waals surface area contributed by atoms with Gasteiger partial charge >= 0.3 is 11.9 Å². The van der Waals surface area contributed by atoms with Crippen LogP contribution in [0.5, 0.6) is 0 Å². The number of carbonyl (C=O) groups excluding carboxylic acids is 2. The predicted octanol–water partition coefficient (Wildman–Crippen LogP) is 9.66.